The van der Waals surface area contributed by atoms with Crippen molar-refractivity contribution in [1.29, 1.82) is 0 Å². The number of hydrogen-bond donors (Lipinski definition) is 2. The number of aromatic nitrogens is 2. The molecule has 2 aliphatic heterocycles. The number of amides is 1. The summed E-state index contributed by atoms with van der Waals surface area (Å²) >= 11 is 0. The number of hydrogen-bond acceptors (Lipinski definition) is 7. The van der Waals surface area contributed by atoms with Crippen LogP contribution in [0.2, 0.25) is 0 Å². The van der Waals surface area contributed by atoms with Gasteiger partial charge in [0.1, 0.15) is 5.69 Å². The first kappa shape index (κ1) is 21.1. The van der Waals surface area contributed by atoms with Gasteiger partial charge in [0.2, 0.25) is 5.91 Å². The first-order chi connectivity index (χ1) is 15.1. The smallest absolute Gasteiger partial charge is 0.320 e. The molecule has 0 radical (unpaired) electrons. The number of fused-ring (bicyclic) bond motifs is 1. The van der Waals surface area contributed by atoms with Crippen molar-refractivity contribution in [1.82, 2.24) is 14.9 Å². The monoisotopic (exact) mass is 422 g/mol. The van der Waals surface area contributed by atoms with E-state index in [4.69, 9.17) is 10.5 Å². The predicted octanol–water partition coefficient (Wildman–Crippen LogP) is 3.31. The Bertz CT molecular complexity index is 955. The van der Waals surface area contributed by atoms with E-state index in [-0.39, 0.29) is 17.7 Å². The van der Waals surface area contributed by atoms with Crippen molar-refractivity contribution in [2.45, 2.75) is 45.7 Å². The summed E-state index contributed by atoms with van der Waals surface area (Å²) in [7, 11) is 0. The van der Waals surface area contributed by atoms with Crippen molar-refractivity contribution < 1.29 is 9.53 Å². The molecule has 4 rings (SSSR count). The Labute approximate surface area is 183 Å². The van der Waals surface area contributed by atoms with Crippen LogP contribution in [-0.4, -0.2) is 40.5 Å². The first-order valence-corrected chi connectivity index (χ1v) is 11.0. The van der Waals surface area contributed by atoms with Gasteiger partial charge < -0.3 is 20.7 Å². The SMILES string of the molecule is CCCCOc1nc(N)c2c(n1)N(Cc1cccc(CN3CCCC3)c1)C=CC(=O)N2. The summed E-state index contributed by atoms with van der Waals surface area (Å²) in [4.78, 5) is 25.3. The summed E-state index contributed by atoms with van der Waals surface area (Å²) in [5.41, 5.74) is 8.97. The first-order valence-electron chi connectivity index (χ1n) is 11.0. The Hall–Kier alpha value is -3.13. The molecule has 2 aliphatic rings. The number of likely N-dealkylation sites (tertiary alicyclic amines) is 1. The van der Waals surface area contributed by atoms with E-state index in [2.05, 4.69) is 51.4 Å². The van der Waals surface area contributed by atoms with Crippen LogP contribution in [0, 0.1) is 0 Å². The predicted molar refractivity (Wildman–Crippen MR) is 122 cm³/mol. The van der Waals surface area contributed by atoms with Crippen LogP contribution in [0.15, 0.2) is 36.5 Å². The van der Waals surface area contributed by atoms with Gasteiger partial charge in [0.05, 0.1) is 6.61 Å². The van der Waals surface area contributed by atoms with Crippen LogP contribution in [0.25, 0.3) is 0 Å². The van der Waals surface area contributed by atoms with Crippen LogP contribution in [0.3, 0.4) is 0 Å². The Kier molecular flexibility index (Phi) is 6.66. The number of carbonyl (C=O) groups excluding carboxylic acids is 1. The summed E-state index contributed by atoms with van der Waals surface area (Å²) in [5, 5.41) is 2.78. The number of rotatable bonds is 8. The fraction of sp³-hybridized carbons (Fsp3) is 0.435. The van der Waals surface area contributed by atoms with Gasteiger partial charge >= 0.3 is 6.01 Å². The van der Waals surface area contributed by atoms with Gasteiger partial charge in [0, 0.05) is 25.4 Å². The highest BCUT2D eigenvalue weighted by atomic mass is 16.5. The van der Waals surface area contributed by atoms with Gasteiger partial charge in [0.25, 0.3) is 0 Å². The van der Waals surface area contributed by atoms with Crippen LogP contribution in [0.1, 0.15) is 43.7 Å². The summed E-state index contributed by atoms with van der Waals surface area (Å²) in [6.07, 6.45) is 7.69. The number of carbonyl (C=O) groups is 1. The van der Waals surface area contributed by atoms with Crippen LogP contribution in [0.4, 0.5) is 17.3 Å². The minimum absolute atomic E-state index is 0.196. The maximum Gasteiger partial charge on any atom is 0.320 e. The molecule has 164 valence electrons. The third-order valence-corrected chi connectivity index (χ3v) is 5.50. The lowest BCUT2D eigenvalue weighted by Crippen LogP contribution is -2.20. The Morgan fingerprint density at radius 3 is 2.71 bits per heavy atom. The lowest BCUT2D eigenvalue weighted by molar-refractivity contribution is -0.111. The number of nitrogen functional groups attached to an aromatic ring is 1. The minimum Gasteiger partial charge on any atom is -0.463 e. The second kappa shape index (κ2) is 9.78. The molecule has 1 saturated heterocycles. The van der Waals surface area contributed by atoms with E-state index in [0.29, 0.717) is 24.7 Å². The molecule has 3 N–H and O–H groups in total. The number of nitrogens with zero attached hydrogens (tertiary/aromatic N) is 4. The van der Waals surface area contributed by atoms with E-state index >= 15 is 0 Å². The van der Waals surface area contributed by atoms with E-state index in [9.17, 15) is 4.79 Å². The minimum atomic E-state index is -0.263. The lowest BCUT2D eigenvalue weighted by atomic mass is 10.1. The van der Waals surface area contributed by atoms with Crippen molar-refractivity contribution in [2.75, 3.05) is 35.6 Å². The zero-order valence-corrected chi connectivity index (χ0v) is 18.0. The van der Waals surface area contributed by atoms with Crippen LogP contribution >= 0.6 is 0 Å². The highest BCUT2D eigenvalue weighted by molar-refractivity contribution is 6.05. The summed E-state index contributed by atoms with van der Waals surface area (Å²) < 4.78 is 5.68. The zero-order valence-electron chi connectivity index (χ0n) is 18.0. The number of anilines is 3. The number of benzene rings is 1. The van der Waals surface area contributed by atoms with Gasteiger partial charge in [-0.25, -0.2) is 0 Å². The Morgan fingerprint density at radius 1 is 1.16 bits per heavy atom. The van der Waals surface area contributed by atoms with Crippen LogP contribution in [0.5, 0.6) is 6.01 Å². The molecule has 31 heavy (non-hydrogen) atoms. The topological polar surface area (TPSA) is 96.6 Å². The maximum atomic E-state index is 12.2. The van der Waals surface area contributed by atoms with E-state index in [0.717, 1.165) is 38.0 Å². The fourth-order valence-electron chi connectivity index (χ4n) is 3.89. The average molecular weight is 423 g/mol. The van der Waals surface area contributed by atoms with Gasteiger partial charge in [-0.1, -0.05) is 37.6 Å². The molecule has 8 nitrogen and oxygen atoms in total. The van der Waals surface area contributed by atoms with Gasteiger partial charge in [-0.15, -0.1) is 0 Å². The third-order valence-electron chi connectivity index (χ3n) is 5.50. The van der Waals surface area contributed by atoms with Crippen LogP contribution < -0.4 is 20.7 Å². The highest BCUT2D eigenvalue weighted by Gasteiger charge is 2.22. The molecular formula is C23H30N6O2. The van der Waals surface area contributed by atoms with Crippen molar-refractivity contribution in [3.8, 4) is 6.01 Å². The van der Waals surface area contributed by atoms with Gasteiger partial charge in [-0.05, 0) is 43.5 Å². The van der Waals surface area contributed by atoms with Crippen LogP contribution in [-0.2, 0) is 17.9 Å². The summed E-state index contributed by atoms with van der Waals surface area (Å²) in [6, 6.07) is 8.78. The summed E-state index contributed by atoms with van der Waals surface area (Å²) in [6.45, 7) is 6.46. The van der Waals surface area contributed by atoms with E-state index < -0.39 is 0 Å². The van der Waals surface area contributed by atoms with E-state index in [1.807, 2.05) is 4.90 Å². The molecular weight excluding hydrogens is 392 g/mol. The standard InChI is InChI=1S/C23H30N6O2/c1-2-3-13-31-23-26-21(24)20-22(27-23)29(12-9-19(30)25-20)16-18-8-6-7-17(14-18)15-28-10-4-5-11-28/h6-9,12,14H,2-5,10-11,13,15-16H2,1H3,(H,25,30)(H2,24,26,27). The van der Waals surface area contributed by atoms with Crippen molar-refractivity contribution in [3.05, 3.63) is 47.7 Å². The number of nitrogens with one attached hydrogen (secondary N) is 1. The molecule has 8 heteroatoms. The van der Waals surface area contributed by atoms with Crippen molar-refractivity contribution >= 4 is 23.2 Å². The maximum absolute atomic E-state index is 12.2. The van der Waals surface area contributed by atoms with Crippen molar-refractivity contribution in [2.24, 2.45) is 0 Å². The second-order valence-electron chi connectivity index (χ2n) is 8.03. The van der Waals surface area contributed by atoms with Gasteiger partial charge in [-0.3, -0.25) is 9.69 Å². The van der Waals surface area contributed by atoms with Gasteiger partial charge in [0.15, 0.2) is 11.6 Å². The Morgan fingerprint density at radius 2 is 1.94 bits per heavy atom. The number of unbranched alkanes of at least 4 members (excludes halogenated alkanes) is 1. The number of ether oxygens (including phenoxy) is 1. The molecule has 1 aromatic heterocycles. The molecule has 1 fully saturated rings. The summed E-state index contributed by atoms with van der Waals surface area (Å²) in [5.74, 6) is 0.467. The third kappa shape index (κ3) is 5.32. The molecule has 0 saturated carbocycles. The molecule has 1 aromatic carbocycles. The quantitative estimate of drug-likeness (QED) is 0.630. The highest BCUT2D eigenvalue weighted by Crippen LogP contribution is 2.33. The largest absolute Gasteiger partial charge is 0.463 e. The lowest BCUT2D eigenvalue weighted by Gasteiger charge is -2.22. The van der Waals surface area contributed by atoms with Crippen molar-refractivity contribution in [3.63, 3.8) is 0 Å². The molecule has 1 amide bonds. The van der Waals surface area contributed by atoms with E-state index in [1.165, 1.54) is 24.5 Å². The zero-order chi connectivity index (χ0) is 21.6. The molecule has 0 unspecified atom stereocenters. The molecule has 0 aliphatic carbocycles. The molecule has 0 atom stereocenters. The fourth-order valence-corrected chi connectivity index (χ4v) is 3.89. The second-order valence-corrected chi connectivity index (χ2v) is 8.03. The average Bonchev–Trinajstić information content (AvgIpc) is 3.20. The Balaban J connectivity index is 1.58. The molecule has 2 aromatic rings. The molecule has 0 spiro atoms. The molecule has 0 bridgehead atoms. The normalized spacial score (nSPS) is 16.2. The van der Waals surface area contributed by atoms with E-state index in [1.54, 1.807) is 6.20 Å². The van der Waals surface area contributed by atoms with Gasteiger partial charge in [-0.2, -0.15) is 9.97 Å². The number of nitrogens with two attached hydrogens (primary N) is 1. The molecule has 3 heterocycles.